The highest BCUT2D eigenvalue weighted by molar-refractivity contribution is 6.05. The number of ether oxygens (including phenoxy) is 2. The summed E-state index contributed by atoms with van der Waals surface area (Å²) >= 11 is 0. The summed E-state index contributed by atoms with van der Waals surface area (Å²) in [6.07, 6.45) is 3.50. The minimum atomic E-state index is -1.99. The molecule has 176 valence electrons. The van der Waals surface area contributed by atoms with Crippen LogP contribution in [0.4, 0.5) is 0 Å². The lowest BCUT2D eigenvalue weighted by Crippen LogP contribution is -2.73. The number of allylic oxidation sites excluding steroid dienone is 1. The van der Waals surface area contributed by atoms with Gasteiger partial charge in [0.25, 0.3) is 0 Å². The minimum absolute atomic E-state index is 0.0274. The van der Waals surface area contributed by atoms with E-state index in [1.807, 2.05) is 13.0 Å². The number of ketones is 1. The summed E-state index contributed by atoms with van der Waals surface area (Å²) < 4.78 is 11.3. The molecule has 32 heavy (non-hydrogen) atoms. The molecule has 3 fully saturated rings. The second-order valence-corrected chi connectivity index (χ2v) is 11.6. The second-order valence-electron chi connectivity index (χ2n) is 11.6. The van der Waals surface area contributed by atoms with Crippen molar-refractivity contribution in [3.8, 4) is 0 Å². The van der Waals surface area contributed by atoms with E-state index in [0.29, 0.717) is 11.1 Å². The van der Waals surface area contributed by atoms with Crippen LogP contribution in [0.2, 0.25) is 0 Å². The zero-order valence-corrected chi connectivity index (χ0v) is 20.2. The molecule has 7 heteroatoms. The lowest BCUT2D eigenvalue weighted by Gasteiger charge is -2.57. The van der Waals surface area contributed by atoms with Gasteiger partial charge in [0.1, 0.15) is 16.6 Å². The molecule has 5 rings (SSSR count). The number of cyclic esters (lactones) is 1. The van der Waals surface area contributed by atoms with Gasteiger partial charge in [-0.2, -0.15) is 0 Å². The van der Waals surface area contributed by atoms with Crippen LogP contribution in [0, 0.1) is 22.7 Å². The number of Topliss-reactive ketones (excluding diaryl/α,β-unsaturated/α-hetero) is 1. The predicted octanol–water partition coefficient (Wildman–Crippen LogP) is 2.63. The molecule has 5 aliphatic rings. The maximum Gasteiger partial charge on any atom is 0.332 e. The third-order valence-corrected chi connectivity index (χ3v) is 9.17. The highest BCUT2D eigenvalue weighted by Crippen LogP contribution is 2.68. The van der Waals surface area contributed by atoms with E-state index < -0.39 is 62.8 Å². The van der Waals surface area contributed by atoms with E-state index >= 15 is 0 Å². The predicted molar refractivity (Wildman–Crippen MR) is 115 cm³/mol. The van der Waals surface area contributed by atoms with Crippen LogP contribution in [0.1, 0.15) is 68.2 Å². The average Bonchev–Trinajstić information content (AvgIpc) is 2.80. The van der Waals surface area contributed by atoms with Gasteiger partial charge in [0, 0.05) is 18.4 Å². The summed E-state index contributed by atoms with van der Waals surface area (Å²) in [6.45, 7) is 13.6. The summed E-state index contributed by atoms with van der Waals surface area (Å²) in [7, 11) is 0. The molecule has 3 aliphatic heterocycles. The molecule has 0 aromatic heterocycles. The van der Waals surface area contributed by atoms with Gasteiger partial charge in [-0.1, -0.05) is 26.8 Å². The van der Waals surface area contributed by atoms with Crippen LogP contribution in [0.5, 0.6) is 0 Å². The maximum atomic E-state index is 13.8. The smallest absolute Gasteiger partial charge is 0.332 e. The molecule has 1 saturated carbocycles. The van der Waals surface area contributed by atoms with Gasteiger partial charge in [-0.15, -0.1) is 0 Å². The third kappa shape index (κ3) is 2.36. The van der Waals surface area contributed by atoms with Crippen molar-refractivity contribution in [2.24, 2.45) is 22.7 Å². The lowest BCUT2D eigenvalue weighted by atomic mass is 9.47. The van der Waals surface area contributed by atoms with Gasteiger partial charge in [-0.25, -0.2) is 4.79 Å². The number of hydrogen-bond acceptors (Lipinski definition) is 7. The van der Waals surface area contributed by atoms with Crippen molar-refractivity contribution < 1.29 is 34.1 Å². The Bertz CT molecular complexity index is 1000. The largest absolute Gasteiger partial charge is 0.452 e. The van der Waals surface area contributed by atoms with Crippen LogP contribution < -0.4 is 0 Å². The Labute approximate surface area is 188 Å². The Morgan fingerprint density at radius 2 is 1.56 bits per heavy atom. The maximum absolute atomic E-state index is 13.8. The van der Waals surface area contributed by atoms with E-state index in [2.05, 4.69) is 0 Å². The first kappa shape index (κ1) is 23.2. The van der Waals surface area contributed by atoms with Gasteiger partial charge in [0.2, 0.25) is 5.78 Å². The van der Waals surface area contributed by atoms with E-state index in [1.54, 1.807) is 41.5 Å². The molecule has 2 saturated heterocycles. The van der Waals surface area contributed by atoms with Crippen molar-refractivity contribution >= 4 is 17.7 Å². The lowest BCUT2D eigenvalue weighted by molar-refractivity contribution is -0.234. The van der Waals surface area contributed by atoms with E-state index in [-0.39, 0.29) is 12.8 Å². The number of aliphatic hydroxyl groups is 2. The van der Waals surface area contributed by atoms with Crippen molar-refractivity contribution in [1.82, 2.24) is 0 Å². The van der Waals surface area contributed by atoms with Crippen molar-refractivity contribution in [2.45, 2.75) is 90.6 Å². The second kappa shape index (κ2) is 6.11. The molecule has 0 aromatic carbocycles. The molecular formula is C25H34O7. The van der Waals surface area contributed by atoms with Gasteiger partial charge < -0.3 is 19.7 Å². The fourth-order valence-corrected chi connectivity index (χ4v) is 7.04. The Morgan fingerprint density at radius 3 is 2.12 bits per heavy atom. The van der Waals surface area contributed by atoms with Crippen molar-refractivity contribution in [2.75, 3.05) is 0 Å². The Kier molecular flexibility index (Phi) is 4.43. The first-order chi connectivity index (χ1) is 14.4. The standard InChI is InChI=1S/C25H34O7/c1-13(2)25(30)18(27)22(6)12-16-21(5,24(25,8)19(28)32-22)10-9-14-15(23(16,7)29)11-17(26)31-20(14,3)4/h9,11,13,16,29-30H,10,12H2,1-8H3/t16?,21?,22?,23?,24-,25?/m0/s1. The monoisotopic (exact) mass is 446 g/mol. The van der Waals surface area contributed by atoms with Crippen LogP contribution in [0.3, 0.4) is 0 Å². The van der Waals surface area contributed by atoms with Crippen LogP contribution in [-0.2, 0) is 23.9 Å². The zero-order chi connectivity index (χ0) is 24.3. The van der Waals surface area contributed by atoms with E-state index in [4.69, 9.17) is 9.47 Å². The summed E-state index contributed by atoms with van der Waals surface area (Å²) in [4.78, 5) is 39.8. The summed E-state index contributed by atoms with van der Waals surface area (Å²) in [6, 6.07) is 0. The van der Waals surface area contributed by atoms with Gasteiger partial charge in [-0.05, 0) is 63.5 Å². The summed E-state index contributed by atoms with van der Waals surface area (Å²) in [5.41, 5.74) is -7.75. The number of esters is 2. The van der Waals surface area contributed by atoms with E-state index in [0.717, 1.165) is 0 Å². The van der Waals surface area contributed by atoms with E-state index in [9.17, 15) is 24.6 Å². The fraction of sp³-hybridized carbons (Fsp3) is 0.720. The summed E-state index contributed by atoms with van der Waals surface area (Å²) in [5, 5.41) is 24.1. The Hall–Kier alpha value is -1.99. The van der Waals surface area contributed by atoms with E-state index in [1.165, 1.54) is 13.0 Å². The highest BCUT2D eigenvalue weighted by atomic mass is 16.6. The number of hydrogen-bond donors (Lipinski definition) is 2. The molecule has 0 spiro atoms. The number of fused-ring (bicyclic) bond motifs is 3. The molecule has 2 N–H and O–H groups in total. The normalized spacial score (nSPS) is 47.5. The van der Waals surface area contributed by atoms with Crippen molar-refractivity contribution in [3.05, 3.63) is 23.3 Å². The SMILES string of the molecule is CC(C)C1(O)C(=O)C2(C)CC3C(C)(O)C4=CC(=O)OC(C)(C)C4=CCC3(C)[C@]1(C)C(=O)O2. The van der Waals surface area contributed by atoms with Crippen LogP contribution in [-0.4, -0.2) is 50.3 Å². The van der Waals surface area contributed by atoms with Crippen LogP contribution >= 0.6 is 0 Å². The molecule has 3 heterocycles. The molecule has 2 bridgehead atoms. The minimum Gasteiger partial charge on any atom is -0.452 e. The molecular weight excluding hydrogens is 412 g/mol. The fourth-order valence-electron chi connectivity index (χ4n) is 7.04. The van der Waals surface area contributed by atoms with Crippen LogP contribution in [0.15, 0.2) is 23.3 Å². The average molecular weight is 447 g/mol. The Morgan fingerprint density at radius 1 is 0.969 bits per heavy atom. The van der Waals surface area contributed by atoms with Crippen molar-refractivity contribution in [3.63, 3.8) is 0 Å². The molecule has 0 amide bonds. The van der Waals surface area contributed by atoms with Crippen molar-refractivity contribution in [1.29, 1.82) is 0 Å². The number of carbonyl (C=O) groups excluding carboxylic acids is 3. The third-order valence-electron chi connectivity index (χ3n) is 9.17. The number of rotatable bonds is 1. The van der Waals surface area contributed by atoms with Gasteiger partial charge in [-0.3, -0.25) is 9.59 Å². The topological polar surface area (TPSA) is 110 Å². The summed E-state index contributed by atoms with van der Waals surface area (Å²) in [5.74, 6) is -2.96. The molecule has 0 aromatic rings. The molecule has 0 radical (unpaired) electrons. The highest BCUT2D eigenvalue weighted by Gasteiger charge is 2.79. The first-order valence-corrected chi connectivity index (χ1v) is 11.3. The molecule has 5 unspecified atom stereocenters. The first-order valence-electron chi connectivity index (χ1n) is 11.3. The van der Waals surface area contributed by atoms with Gasteiger partial charge in [0.15, 0.2) is 5.60 Å². The quantitative estimate of drug-likeness (QED) is 0.596. The molecule has 6 atom stereocenters. The Balaban J connectivity index is 2.09. The van der Waals surface area contributed by atoms with Gasteiger partial charge >= 0.3 is 11.9 Å². The van der Waals surface area contributed by atoms with Gasteiger partial charge in [0.05, 0.1) is 5.60 Å². The molecule has 7 nitrogen and oxygen atoms in total. The number of carbonyl (C=O) groups is 3. The van der Waals surface area contributed by atoms with Crippen LogP contribution in [0.25, 0.3) is 0 Å². The molecule has 2 aliphatic carbocycles. The zero-order valence-electron chi connectivity index (χ0n) is 20.2.